The van der Waals surface area contributed by atoms with Crippen molar-refractivity contribution in [3.05, 3.63) is 0 Å². The van der Waals surface area contributed by atoms with E-state index >= 15 is 0 Å². The molecule has 0 heterocycles. The molecule has 3 N–H and O–H groups in total. The Morgan fingerprint density at radius 1 is 1.32 bits per heavy atom. The van der Waals surface area contributed by atoms with Gasteiger partial charge in [0.15, 0.2) is 0 Å². The highest BCUT2D eigenvalue weighted by Gasteiger charge is 2.50. The van der Waals surface area contributed by atoms with Crippen LogP contribution in [0, 0.1) is 11.3 Å². The standard InChI is InChI=1S/C13H25N3O3/c1-9(2)10(7-16(3)4)15-12(19)14-8-13(5-6-13)11(17)18/h9-10H,5-8H2,1-4H3,(H,17,18)(H2,14,15,19). The summed E-state index contributed by atoms with van der Waals surface area (Å²) in [7, 11) is 3.91. The molecule has 2 amide bonds. The summed E-state index contributed by atoms with van der Waals surface area (Å²) in [6, 6.07) is -0.233. The van der Waals surface area contributed by atoms with Crippen LogP contribution in [0.1, 0.15) is 26.7 Å². The summed E-state index contributed by atoms with van der Waals surface area (Å²) in [4.78, 5) is 24.8. The maximum Gasteiger partial charge on any atom is 0.315 e. The summed E-state index contributed by atoms with van der Waals surface area (Å²) in [6.07, 6.45) is 1.29. The Balaban J connectivity index is 2.39. The number of rotatable bonds is 7. The first-order valence-electron chi connectivity index (χ1n) is 6.69. The first kappa shape index (κ1) is 15.8. The normalized spacial score (nSPS) is 18.2. The molecular formula is C13H25N3O3. The van der Waals surface area contributed by atoms with Crippen molar-refractivity contribution in [3.63, 3.8) is 0 Å². The molecule has 1 atom stereocenters. The van der Waals surface area contributed by atoms with Gasteiger partial charge in [-0.05, 0) is 32.9 Å². The van der Waals surface area contributed by atoms with Crippen molar-refractivity contribution in [2.45, 2.75) is 32.7 Å². The van der Waals surface area contributed by atoms with Crippen molar-refractivity contribution in [3.8, 4) is 0 Å². The number of carboxylic acids is 1. The Morgan fingerprint density at radius 3 is 2.26 bits per heavy atom. The predicted octanol–water partition coefficient (Wildman–Crippen LogP) is 0.737. The van der Waals surface area contributed by atoms with E-state index in [-0.39, 0.29) is 18.6 Å². The molecule has 0 aliphatic heterocycles. The molecule has 110 valence electrons. The summed E-state index contributed by atoms with van der Waals surface area (Å²) in [6.45, 7) is 5.07. The molecule has 1 rings (SSSR count). The summed E-state index contributed by atoms with van der Waals surface area (Å²) >= 11 is 0. The third-order valence-electron chi connectivity index (χ3n) is 3.58. The van der Waals surface area contributed by atoms with Crippen LogP contribution in [-0.4, -0.2) is 55.2 Å². The Labute approximate surface area is 114 Å². The SMILES string of the molecule is CC(C)C(CN(C)C)NC(=O)NCC1(C(=O)O)CC1. The third-order valence-corrected chi connectivity index (χ3v) is 3.58. The van der Waals surface area contributed by atoms with Crippen molar-refractivity contribution in [1.29, 1.82) is 0 Å². The van der Waals surface area contributed by atoms with E-state index in [2.05, 4.69) is 10.6 Å². The van der Waals surface area contributed by atoms with Crippen molar-refractivity contribution in [1.82, 2.24) is 15.5 Å². The van der Waals surface area contributed by atoms with Gasteiger partial charge in [-0.15, -0.1) is 0 Å². The summed E-state index contributed by atoms with van der Waals surface area (Å²) in [5.41, 5.74) is -0.716. The highest BCUT2D eigenvalue weighted by molar-refractivity contribution is 5.80. The van der Waals surface area contributed by atoms with Crippen LogP contribution in [0.3, 0.4) is 0 Å². The van der Waals surface area contributed by atoms with E-state index in [0.717, 1.165) is 6.54 Å². The summed E-state index contributed by atoms with van der Waals surface area (Å²) in [5.74, 6) is -0.496. The molecule has 0 aromatic rings. The van der Waals surface area contributed by atoms with E-state index in [1.54, 1.807) is 0 Å². The minimum atomic E-state index is -0.818. The van der Waals surface area contributed by atoms with E-state index in [4.69, 9.17) is 5.11 Å². The second-order valence-corrected chi connectivity index (χ2v) is 6.03. The van der Waals surface area contributed by atoms with Gasteiger partial charge in [0.05, 0.1) is 5.41 Å². The molecule has 0 bridgehead atoms. The second-order valence-electron chi connectivity index (χ2n) is 6.03. The van der Waals surface area contributed by atoms with Crippen molar-refractivity contribution >= 4 is 12.0 Å². The van der Waals surface area contributed by atoms with Crippen molar-refractivity contribution in [2.24, 2.45) is 11.3 Å². The number of nitrogens with zero attached hydrogens (tertiary/aromatic N) is 1. The fourth-order valence-electron chi connectivity index (χ4n) is 1.90. The fourth-order valence-corrected chi connectivity index (χ4v) is 1.90. The van der Waals surface area contributed by atoms with Crippen LogP contribution in [0.5, 0.6) is 0 Å². The maximum absolute atomic E-state index is 11.8. The monoisotopic (exact) mass is 271 g/mol. The van der Waals surface area contributed by atoms with Crippen LogP contribution in [0.15, 0.2) is 0 Å². The van der Waals surface area contributed by atoms with Crippen LogP contribution in [-0.2, 0) is 4.79 Å². The van der Waals surface area contributed by atoms with Gasteiger partial charge in [0.25, 0.3) is 0 Å². The average Bonchev–Trinajstić information content (AvgIpc) is 3.05. The van der Waals surface area contributed by atoms with E-state index in [1.165, 1.54) is 0 Å². The van der Waals surface area contributed by atoms with Crippen molar-refractivity contribution in [2.75, 3.05) is 27.2 Å². The summed E-state index contributed by atoms with van der Waals surface area (Å²) in [5, 5.41) is 14.6. The fraction of sp³-hybridized carbons (Fsp3) is 0.846. The molecule has 1 unspecified atom stereocenters. The molecule has 0 aromatic heterocycles. The van der Waals surface area contributed by atoms with Gasteiger partial charge in [-0.3, -0.25) is 4.79 Å². The number of urea groups is 1. The number of amides is 2. The zero-order valence-electron chi connectivity index (χ0n) is 12.2. The van der Waals surface area contributed by atoms with Crippen LogP contribution in [0.25, 0.3) is 0 Å². The van der Waals surface area contributed by atoms with Gasteiger partial charge >= 0.3 is 12.0 Å². The molecule has 6 heteroatoms. The lowest BCUT2D eigenvalue weighted by molar-refractivity contribution is -0.143. The summed E-state index contributed by atoms with van der Waals surface area (Å²) < 4.78 is 0. The van der Waals surface area contributed by atoms with Gasteiger partial charge in [-0.1, -0.05) is 13.8 Å². The highest BCUT2D eigenvalue weighted by atomic mass is 16.4. The Kier molecular flexibility index (Phi) is 5.17. The topological polar surface area (TPSA) is 81.7 Å². The molecule has 1 saturated carbocycles. The lowest BCUT2D eigenvalue weighted by Gasteiger charge is -2.26. The van der Waals surface area contributed by atoms with Gasteiger partial charge in [0, 0.05) is 19.1 Å². The van der Waals surface area contributed by atoms with Gasteiger partial charge < -0.3 is 20.6 Å². The minimum Gasteiger partial charge on any atom is -0.481 e. The quantitative estimate of drug-likeness (QED) is 0.638. The number of hydrogen-bond donors (Lipinski definition) is 3. The smallest absolute Gasteiger partial charge is 0.315 e. The number of likely N-dealkylation sites (N-methyl/N-ethyl adjacent to an activating group) is 1. The molecule has 0 spiro atoms. The third kappa shape index (κ3) is 4.70. The highest BCUT2D eigenvalue weighted by Crippen LogP contribution is 2.45. The van der Waals surface area contributed by atoms with Crippen LogP contribution in [0.2, 0.25) is 0 Å². The molecule has 19 heavy (non-hydrogen) atoms. The average molecular weight is 271 g/mol. The molecule has 1 aliphatic rings. The van der Waals surface area contributed by atoms with E-state index in [1.807, 2.05) is 32.8 Å². The first-order valence-corrected chi connectivity index (χ1v) is 6.69. The van der Waals surface area contributed by atoms with E-state index < -0.39 is 11.4 Å². The molecule has 0 aromatic carbocycles. The minimum absolute atomic E-state index is 0.0509. The molecule has 0 radical (unpaired) electrons. The lowest BCUT2D eigenvalue weighted by Crippen LogP contribution is -2.50. The maximum atomic E-state index is 11.8. The number of carbonyl (C=O) groups excluding carboxylic acids is 1. The number of nitrogens with one attached hydrogen (secondary N) is 2. The molecule has 0 saturated heterocycles. The largest absolute Gasteiger partial charge is 0.481 e. The molecule has 6 nitrogen and oxygen atoms in total. The van der Waals surface area contributed by atoms with Gasteiger partial charge in [-0.2, -0.15) is 0 Å². The Bertz CT molecular complexity index is 338. The number of carbonyl (C=O) groups is 2. The Morgan fingerprint density at radius 2 is 1.89 bits per heavy atom. The first-order chi connectivity index (χ1) is 8.77. The number of carboxylic acid groups (broad SMARTS) is 1. The van der Waals surface area contributed by atoms with Crippen molar-refractivity contribution < 1.29 is 14.7 Å². The van der Waals surface area contributed by atoms with E-state index in [9.17, 15) is 9.59 Å². The van der Waals surface area contributed by atoms with Crippen LogP contribution < -0.4 is 10.6 Å². The van der Waals surface area contributed by atoms with Gasteiger partial charge in [0.2, 0.25) is 0 Å². The molecule has 1 fully saturated rings. The van der Waals surface area contributed by atoms with Gasteiger partial charge in [0.1, 0.15) is 0 Å². The lowest BCUT2D eigenvalue weighted by atomic mass is 10.0. The molecule has 1 aliphatic carbocycles. The second kappa shape index (κ2) is 6.23. The zero-order chi connectivity index (χ0) is 14.6. The number of hydrogen-bond acceptors (Lipinski definition) is 3. The molecular weight excluding hydrogens is 246 g/mol. The number of aliphatic carboxylic acids is 1. The Hall–Kier alpha value is -1.30. The predicted molar refractivity (Wildman–Crippen MR) is 73.0 cm³/mol. The van der Waals surface area contributed by atoms with Crippen LogP contribution in [0.4, 0.5) is 4.79 Å². The van der Waals surface area contributed by atoms with Crippen LogP contribution >= 0.6 is 0 Å². The van der Waals surface area contributed by atoms with E-state index in [0.29, 0.717) is 18.8 Å². The van der Waals surface area contributed by atoms with Gasteiger partial charge in [-0.25, -0.2) is 4.79 Å². The zero-order valence-corrected chi connectivity index (χ0v) is 12.2.